The number of hydrogen-bond donors (Lipinski definition) is 1. The number of carbonyl (C=O) groups is 1. The van der Waals surface area contributed by atoms with Crippen LogP contribution in [0, 0.1) is 0 Å². The second-order valence-corrected chi connectivity index (χ2v) is 3.82. The maximum absolute atomic E-state index is 12.8. The first-order chi connectivity index (χ1) is 7.98. The molecular weight excluding hydrogens is 233 g/mol. The zero-order valence-electron chi connectivity index (χ0n) is 8.87. The van der Waals surface area contributed by atoms with Crippen LogP contribution in [0.2, 0.25) is 0 Å². The van der Waals surface area contributed by atoms with Gasteiger partial charge in [0.15, 0.2) is 0 Å². The molecule has 0 bridgehead atoms. The molecule has 1 N–H and O–H groups in total. The lowest BCUT2D eigenvalue weighted by atomic mass is 10.1. The van der Waals surface area contributed by atoms with Gasteiger partial charge in [-0.05, 0) is 12.1 Å². The number of hydrogen-bond acceptors (Lipinski definition) is 2. The highest BCUT2D eigenvalue weighted by Crippen LogP contribution is 2.29. The predicted molar refractivity (Wildman–Crippen MR) is 56.6 cm³/mol. The Balaban J connectivity index is 2.30. The van der Waals surface area contributed by atoms with Gasteiger partial charge >= 0.3 is 6.18 Å². The van der Waals surface area contributed by atoms with Gasteiger partial charge in [0.2, 0.25) is 5.91 Å². The van der Waals surface area contributed by atoms with E-state index in [1.54, 1.807) is 30.3 Å². The number of halogens is 3. The van der Waals surface area contributed by atoms with Crippen LogP contribution in [0.5, 0.6) is 0 Å². The molecular formula is C11H11F3N2O. The highest BCUT2D eigenvalue weighted by Gasteiger charge is 2.46. The van der Waals surface area contributed by atoms with Gasteiger partial charge in [0, 0.05) is 12.2 Å². The van der Waals surface area contributed by atoms with E-state index in [0.29, 0.717) is 5.69 Å². The molecule has 2 rings (SSSR count). The SMILES string of the molecule is O=C1CN(c2ccccc2)C(C(F)(F)F)CN1. The minimum Gasteiger partial charge on any atom is -0.352 e. The molecule has 0 aromatic heterocycles. The number of nitrogens with one attached hydrogen (secondary N) is 1. The molecule has 1 fully saturated rings. The summed E-state index contributed by atoms with van der Waals surface area (Å²) in [6.07, 6.45) is -4.36. The molecule has 1 aliphatic heterocycles. The molecule has 1 amide bonds. The molecule has 1 aromatic carbocycles. The van der Waals surface area contributed by atoms with E-state index in [1.807, 2.05) is 0 Å². The second-order valence-electron chi connectivity index (χ2n) is 3.82. The first-order valence-corrected chi connectivity index (χ1v) is 5.13. The van der Waals surface area contributed by atoms with Crippen molar-refractivity contribution in [2.45, 2.75) is 12.2 Å². The first kappa shape index (κ1) is 11.8. The Kier molecular flexibility index (Phi) is 2.95. The summed E-state index contributed by atoms with van der Waals surface area (Å²) in [4.78, 5) is 12.3. The summed E-state index contributed by atoms with van der Waals surface area (Å²) < 4.78 is 38.4. The number of carbonyl (C=O) groups excluding carboxylic acids is 1. The van der Waals surface area contributed by atoms with Gasteiger partial charge in [-0.2, -0.15) is 13.2 Å². The number of anilines is 1. The van der Waals surface area contributed by atoms with Crippen LogP contribution in [0.3, 0.4) is 0 Å². The molecule has 0 spiro atoms. The Labute approximate surface area is 96.2 Å². The van der Waals surface area contributed by atoms with Crippen LogP contribution in [0.4, 0.5) is 18.9 Å². The van der Waals surface area contributed by atoms with Gasteiger partial charge < -0.3 is 10.2 Å². The molecule has 1 heterocycles. The standard InChI is InChI=1S/C11H11F3N2O/c12-11(13,14)9-6-15-10(17)7-16(9)8-4-2-1-3-5-8/h1-5,9H,6-7H2,(H,15,17). The third kappa shape index (κ3) is 2.51. The van der Waals surface area contributed by atoms with E-state index < -0.39 is 24.7 Å². The maximum atomic E-state index is 12.8. The fourth-order valence-electron chi connectivity index (χ4n) is 1.82. The molecule has 0 saturated carbocycles. The summed E-state index contributed by atoms with van der Waals surface area (Å²) in [7, 11) is 0. The third-order valence-corrected chi connectivity index (χ3v) is 2.65. The van der Waals surface area contributed by atoms with Gasteiger partial charge in [-0.25, -0.2) is 0 Å². The molecule has 3 nitrogen and oxygen atoms in total. The van der Waals surface area contributed by atoms with Crippen LogP contribution < -0.4 is 10.2 Å². The minimum atomic E-state index is -4.36. The topological polar surface area (TPSA) is 32.3 Å². The lowest BCUT2D eigenvalue weighted by molar-refractivity contribution is -0.153. The number of piperazine rings is 1. The summed E-state index contributed by atoms with van der Waals surface area (Å²) >= 11 is 0. The maximum Gasteiger partial charge on any atom is 0.410 e. The summed E-state index contributed by atoms with van der Waals surface area (Å²) in [6, 6.07) is 6.48. The van der Waals surface area contributed by atoms with Gasteiger partial charge in [-0.3, -0.25) is 4.79 Å². The molecule has 6 heteroatoms. The lowest BCUT2D eigenvalue weighted by Gasteiger charge is -2.38. The number of rotatable bonds is 1. The average Bonchev–Trinajstić information content (AvgIpc) is 2.28. The van der Waals surface area contributed by atoms with E-state index in [2.05, 4.69) is 5.32 Å². The molecule has 1 unspecified atom stereocenters. The van der Waals surface area contributed by atoms with Crippen molar-refractivity contribution in [3.05, 3.63) is 30.3 Å². The second kappa shape index (κ2) is 4.27. The van der Waals surface area contributed by atoms with Crippen molar-refractivity contribution in [1.29, 1.82) is 0 Å². The molecule has 0 aliphatic carbocycles. The van der Waals surface area contributed by atoms with E-state index in [4.69, 9.17) is 0 Å². The van der Waals surface area contributed by atoms with Crippen molar-refractivity contribution in [2.75, 3.05) is 18.0 Å². The fourth-order valence-corrected chi connectivity index (χ4v) is 1.82. The normalized spacial score (nSPS) is 21.2. The monoisotopic (exact) mass is 244 g/mol. The van der Waals surface area contributed by atoms with Crippen LogP contribution in [0.25, 0.3) is 0 Å². The third-order valence-electron chi connectivity index (χ3n) is 2.65. The zero-order valence-corrected chi connectivity index (χ0v) is 8.87. The van der Waals surface area contributed by atoms with Gasteiger partial charge in [-0.15, -0.1) is 0 Å². The van der Waals surface area contributed by atoms with Crippen LogP contribution in [0.15, 0.2) is 30.3 Å². The van der Waals surface area contributed by atoms with Crippen LogP contribution in [-0.2, 0) is 4.79 Å². The molecule has 1 saturated heterocycles. The summed E-state index contributed by atoms with van der Waals surface area (Å²) in [5, 5.41) is 2.24. The van der Waals surface area contributed by atoms with E-state index in [0.717, 1.165) is 4.90 Å². The highest BCUT2D eigenvalue weighted by molar-refractivity contribution is 5.83. The number of para-hydroxylation sites is 1. The number of alkyl halides is 3. The van der Waals surface area contributed by atoms with Crippen molar-refractivity contribution in [3.8, 4) is 0 Å². The molecule has 1 atom stereocenters. The van der Waals surface area contributed by atoms with Crippen LogP contribution >= 0.6 is 0 Å². The Bertz CT molecular complexity index is 405. The number of amides is 1. The molecule has 0 radical (unpaired) electrons. The van der Waals surface area contributed by atoms with Gasteiger partial charge in [-0.1, -0.05) is 18.2 Å². The highest BCUT2D eigenvalue weighted by atomic mass is 19.4. The van der Waals surface area contributed by atoms with E-state index in [-0.39, 0.29) is 6.54 Å². The summed E-state index contributed by atoms with van der Waals surface area (Å²) in [5.74, 6) is -0.394. The van der Waals surface area contributed by atoms with Crippen molar-refractivity contribution in [2.24, 2.45) is 0 Å². The molecule has 1 aromatic rings. The first-order valence-electron chi connectivity index (χ1n) is 5.13. The van der Waals surface area contributed by atoms with Gasteiger partial charge in [0.25, 0.3) is 0 Å². The van der Waals surface area contributed by atoms with Crippen LogP contribution in [-0.4, -0.2) is 31.2 Å². The van der Waals surface area contributed by atoms with Crippen molar-refractivity contribution in [1.82, 2.24) is 5.32 Å². The van der Waals surface area contributed by atoms with Crippen molar-refractivity contribution >= 4 is 11.6 Å². The van der Waals surface area contributed by atoms with Crippen molar-refractivity contribution in [3.63, 3.8) is 0 Å². The Morgan fingerprint density at radius 2 is 1.88 bits per heavy atom. The lowest BCUT2D eigenvalue weighted by Crippen LogP contribution is -2.60. The number of nitrogens with zero attached hydrogens (tertiary/aromatic N) is 1. The van der Waals surface area contributed by atoms with Crippen LogP contribution in [0.1, 0.15) is 0 Å². The molecule has 1 aliphatic rings. The van der Waals surface area contributed by atoms with E-state index in [9.17, 15) is 18.0 Å². The smallest absolute Gasteiger partial charge is 0.352 e. The van der Waals surface area contributed by atoms with E-state index >= 15 is 0 Å². The molecule has 92 valence electrons. The average molecular weight is 244 g/mol. The van der Waals surface area contributed by atoms with E-state index in [1.165, 1.54) is 0 Å². The van der Waals surface area contributed by atoms with Crippen molar-refractivity contribution < 1.29 is 18.0 Å². The summed E-state index contributed by atoms with van der Waals surface area (Å²) in [6.45, 7) is -0.675. The zero-order chi connectivity index (χ0) is 12.5. The fraction of sp³-hybridized carbons (Fsp3) is 0.364. The van der Waals surface area contributed by atoms with Gasteiger partial charge in [0.05, 0.1) is 6.54 Å². The largest absolute Gasteiger partial charge is 0.410 e. The molecule has 17 heavy (non-hydrogen) atoms. The predicted octanol–water partition coefficient (Wildman–Crippen LogP) is 1.55. The quantitative estimate of drug-likeness (QED) is 0.813. The number of benzene rings is 1. The Hall–Kier alpha value is -1.72. The minimum absolute atomic E-state index is 0.270. The Morgan fingerprint density at radius 1 is 1.24 bits per heavy atom. The van der Waals surface area contributed by atoms with Gasteiger partial charge in [0.1, 0.15) is 6.04 Å². The Morgan fingerprint density at radius 3 is 2.47 bits per heavy atom. The summed E-state index contributed by atoms with van der Waals surface area (Å²) in [5.41, 5.74) is 0.407.